The second-order valence-electron chi connectivity index (χ2n) is 8.81. The van der Waals surface area contributed by atoms with Gasteiger partial charge in [0.05, 0.1) is 0 Å². The molecular formula is C18H30N2O. The second kappa shape index (κ2) is 4.47. The highest BCUT2D eigenvalue weighted by Gasteiger charge is 2.59. The Balaban J connectivity index is 1.64. The maximum atomic E-state index is 11.8. The van der Waals surface area contributed by atoms with E-state index in [0.717, 1.165) is 30.6 Å². The van der Waals surface area contributed by atoms with Crippen molar-refractivity contribution in [2.75, 3.05) is 0 Å². The zero-order valence-electron chi connectivity index (χ0n) is 13.5. The number of hydrogen-bond donors (Lipinski definition) is 2. The molecule has 3 aliphatic carbocycles. The van der Waals surface area contributed by atoms with Gasteiger partial charge in [-0.2, -0.15) is 0 Å². The van der Waals surface area contributed by atoms with Crippen molar-refractivity contribution in [3.8, 4) is 0 Å². The minimum atomic E-state index is 0.277. The van der Waals surface area contributed by atoms with Gasteiger partial charge in [0.15, 0.2) is 0 Å². The van der Waals surface area contributed by atoms with Crippen molar-refractivity contribution in [1.29, 1.82) is 0 Å². The number of nitrogens with two attached hydrogens (primary N) is 1. The number of hydrogen-bond acceptors (Lipinski definition) is 2. The summed E-state index contributed by atoms with van der Waals surface area (Å²) in [5.74, 6) is 2.77. The zero-order valence-corrected chi connectivity index (χ0v) is 13.5. The predicted molar refractivity (Wildman–Crippen MR) is 83.5 cm³/mol. The molecule has 4 aliphatic rings. The van der Waals surface area contributed by atoms with E-state index < -0.39 is 0 Å². The van der Waals surface area contributed by atoms with Crippen LogP contribution in [0.5, 0.6) is 0 Å². The van der Waals surface area contributed by atoms with E-state index in [0.29, 0.717) is 22.9 Å². The highest BCUT2D eigenvalue weighted by molar-refractivity contribution is 5.77. The minimum absolute atomic E-state index is 0.277. The standard InChI is InChI=1S/C18H30N2O/c1-17-9-7-13-11(12(17)4-5-14(17)19)3-6-15-18(13,2)10-8-16(21)20-15/h11-15H,3-10,19H2,1-2H3,(H,20,21)/t11?,12?,13?,14?,15-,17?,18?/m1/s1. The lowest BCUT2D eigenvalue weighted by Gasteiger charge is -2.60. The number of nitrogens with one attached hydrogen (secondary N) is 1. The van der Waals surface area contributed by atoms with E-state index >= 15 is 0 Å². The normalized spacial score (nSPS) is 56.1. The topological polar surface area (TPSA) is 55.1 Å². The summed E-state index contributed by atoms with van der Waals surface area (Å²) in [7, 11) is 0. The lowest BCUT2D eigenvalue weighted by atomic mass is 9.47. The first-order valence-electron chi connectivity index (χ1n) is 9.00. The lowest BCUT2D eigenvalue weighted by Crippen LogP contribution is -2.61. The molecule has 0 spiro atoms. The maximum Gasteiger partial charge on any atom is 0.220 e. The summed E-state index contributed by atoms with van der Waals surface area (Å²) >= 11 is 0. The van der Waals surface area contributed by atoms with E-state index in [1.54, 1.807) is 0 Å². The quantitative estimate of drug-likeness (QED) is 0.721. The largest absolute Gasteiger partial charge is 0.353 e. The monoisotopic (exact) mass is 290 g/mol. The molecule has 4 rings (SSSR count). The van der Waals surface area contributed by atoms with Crippen LogP contribution in [0.2, 0.25) is 0 Å². The average Bonchev–Trinajstić information content (AvgIpc) is 2.76. The molecule has 3 nitrogen and oxygen atoms in total. The third kappa shape index (κ3) is 1.79. The number of piperidine rings is 1. The van der Waals surface area contributed by atoms with E-state index in [2.05, 4.69) is 19.2 Å². The van der Waals surface area contributed by atoms with Crippen LogP contribution in [0.4, 0.5) is 0 Å². The number of amides is 1. The predicted octanol–water partition coefficient (Wildman–Crippen LogP) is 2.83. The van der Waals surface area contributed by atoms with Gasteiger partial charge < -0.3 is 11.1 Å². The van der Waals surface area contributed by atoms with Crippen LogP contribution < -0.4 is 11.1 Å². The van der Waals surface area contributed by atoms with Gasteiger partial charge in [0, 0.05) is 18.5 Å². The summed E-state index contributed by atoms with van der Waals surface area (Å²) in [4.78, 5) is 11.8. The third-order valence-electron chi connectivity index (χ3n) is 8.17. The van der Waals surface area contributed by atoms with E-state index in [9.17, 15) is 4.79 Å². The fraction of sp³-hybridized carbons (Fsp3) is 0.944. The summed E-state index contributed by atoms with van der Waals surface area (Å²) < 4.78 is 0. The molecule has 1 amide bonds. The van der Waals surface area contributed by atoms with Gasteiger partial charge in [-0.3, -0.25) is 4.79 Å². The summed E-state index contributed by atoms with van der Waals surface area (Å²) in [6.07, 6.45) is 9.51. The molecule has 0 bridgehead atoms. The molecule has 118 valence electrons. The van der Waals surface area contributed by atoms with Crippen LogP contribution in [0, 0.1) is 28.6 Å². The molecule has 21 heavy (non-hydrogen) atoms. The van der Waals surface area contributed by atoms with Crippen molar-refractivity contribution in [2.45, 2.75) is 77.3 Å². The zero-order chi connectivity index (χ0) is 14.8. The highest BCUT2D eigenvalue weighted by Crippen LogP contribution is 2.63. The molecule has 3 N–H and O–H groups in total. The maximum absolute atomic E-state index is 11.8. The second-order valence-corrected chi connectivity index (χ2v) is 8.81. The molecule has 7 atom stereocenters. The van der Waals surface area contributed by atoms with E-state index in [1.165, 1.54) is 38.5 Å². The summed E-state index contributed by atoms with van der Waals surface area (Å²) in [6, 6.07) is 0.847. The summed E-state index contributed by atoms with van der Waals surface area (Å²) in [5.41, 5.74) is 7.20. The molecule has 3 heteroatoms. The van der Waals surface area contributed by atoms with Gasteiger partial charge >= 0.3 is 0 Å². The van der Waals surface area contributed by atoms with Gasteiger partial charge in [-0.25, -0.2) is 0 Å². The first-order chi connectivity index (χ1) is 9.95. The third-order valence-corrected chi connectivity index (χ3v) is 8.17. The molecule has 1 saturated heterocycles. The van der Waals surface area contributed by atoms with Crippen LogP contribution in [0.25, 0.3) is 0 Å². The molecule has 1 aliphatic heterocycles. The number of carbonyl (C=O) groups excluding carboxylic acids is 1. The van der Waals surface area contributed by atoms with E-state index in [1.807, 2.05) is 0 Å². The Morgan fingerprint density at radius 3 is 2.57 bits per heavy atom. The van der Waals surface area contributed by atoms with Crippen LogP contribution >= 0.6 is 0 Å². The van der Waals surface area contributed by atoms with E-state index in [4.69, 9.17) is 5.73 Å². The number of rotatable bonds is 0. The fourth-order valence-corrected chi connectivity index (χ4v) is 6.74. The van der Waals surface area contributed by atoms with E-state index in [-0.39, 0.29) is 5.91 Å². The molecule has 6 unspecified atom stereocenters. The summed E-state index contributed by atoms with van der Waals surface area (Å²) in [5, 5.41) is 3.31. The molecule has 4 fully saturated rings. The molecule has 0 radical (unpaired) electrons. The lowest BCUT2D eigenvalue weighted by molar-refractivity contribution is -0.135. The van der Waals surface area contributed by atoms with Crippen LogP contribution in [-0.4, -0.2) is 18.0 Å². The molecule has 0 aromatic heterocycles. The molecule has 0 aromatic carbocycles. The van der Waals surface area contributed by atoms with Gasteiger partial charge in [0.1, 0.15) is 0 Å². The van der Waals surface area contributed by atoms with Gasteiger partial charge in [-0.05, 0) is 73.5 Å². The van der Waals surface area contributed by atoms with Crippen LogP contribution in [-0.2, 0) is 4.79 Å². The average molecular weight is 290 g/mol. The van der Waals surface area contributed by atoms with Gasteiger partial charge in [-0.15, -0.1) is 0 Å². The van der Waals surface area contributed by atoms with Crippen molar-refractivity contribution >= 4 is 5.91 Å². The molecule has 0 aromatic rings. The van der Waals surface area contributed by atoms with Crippen LogP contribution in [0.3, 0.4) is 0 Å². The van der Waals surface area contributed by atoms with Gasteiger partial charge in [0.25, 0.3) is 0 Å². The smallest absolute Gasteiger partial charge is 0.220 e. The number of fused-ring (bicyclic) bond motifs is 5. The molecular weight excluding hydrogens is 260 g/mol. The van der Waals surface area contributed by atoms with Crippen molar-refractivity contribution < 1.29 is 4.79 Å². The Hall–Kier alpha value is -0.570. The van der Waals surface area contributed by atoms with Crippen molar-refractivity contribution in [3.63, 3.8) is 0 Å². The Morgan fingerprint density at radius 1 is 1.00 bits per heavy atom. The molecule has 1 heterocycles. The SMILES string of the molecule is CC12CCC3C(CC[C@H]4NC(=O)CCC34C)C1CCC2N. The Bertz CT molecular complexity index is 464. The Labute approximate surface area is 128 Å². The van der Waals surface area contributed by atoms with Gasteiger partial charge in [-0.1, -0.05) is 13.8 Å². The van der Waals surface area contributed by atoms with Crippen molar-refractivity contribution in [2.24, 2.45) is 34.3 Å². The minimum Gasteiger partial charge on any atom is -0.353 e. The van der Waals surface area contributed by atoms with Crippen molar-refractivity contribution in [1.82, 2.24) is 5.32 Å². The van der Waals surface area contributed by atoms with Crippen molar-refractivity contribution in [3.05, 3.63) is 0 Å². The Morgan fingerprint density at radius 2 is 1.76 bits per heavy atom. The van der Waals surface area contributed by atoms with Crippen LogP contribution in [0.15, 0.2) is 0 Å². The summed E-state index contributed by atoms with van der Waals surface area (Å²) in [6.45, 7) is 4.92. The Kier molecular flexibility index (Phi) is 2.99. The van der Waals surface area contributed by atoms with Gasteiger partial charge in [0.2, 0.25) is 5.91 Å². The first-order valence-corrected chi connectivity index (χ1v) is 9.00. The highest BCUT2D eigenvalue weighted by atomic mass is 16.1. The molecule has 3 saturated carbocycles. The number of carbonyl (C=O) groups is 1. The fourth-order valence-electron chi connectivity index (χ4n) is 6.74. The first kappa shape index (κ1) is 14.0. The van der Waals surface area contributed by atoms with Crippen LogP contribution in [0.1, 0.15) is 65.2 Å².